The van der Waals surface area contributed by atoms with Crippen LogP contribution in [0.1, 0.15) is 0 Å². The zero-order chi connectivity index (χ0) is 10.7. The molecule has 3 N–H and O–H groups in total. The van der Waals surface area contributed by atoms with Gasteiger partial charge in [-0.1, -0.05) is 23.2 Å². The van der Waals surface area contributed by atoms with Crippen molar-refractivity contribution in [3.63, 3.8) is 0 Å². The monoisotopic (exact) mass is 235 g/mol. The van der Waals surface area contributed by atoms with Gasteiger partial charge in [-0.15, -0.1) is 0 Å². The molecule has 0 aliphatic heterocycles. The molecule has 0 atom stereocenters. The van der Waals surface area contributed by atoms with Crippen LogP contribution in [-0.4, -0.2) is 35.6 Å². The third kappa shape index (κ3) is 2.87. The van der Waals surface area contributed by atoms with Crippen molar-refractivity contribution in [3.05, 3.63) is 10.3 Å². The average Bonchev–Trinajstić information content (AvgIpc) is 2.01. The van der Waals surface area contributed by atoms with Crippen LogP contribution in [-0.2, 0) is 0 Å². The maximum atomic E-state index is 5.82. The lowest BCUT2D eigenvalue weighted by molar-refractivity contribution is 0.440. The van der Waals surface area contributed by atoms with E-state index in [1.807, 2.05) is 19.0 Å². The van der Waals surface area contributed by atoms with Gasteiger partial charge in [-0.05, 0) is 14.1 Å². The van der Waals surface area contributed by atoms with Crippen LogP contribution in [0.2, 0.25) is 10.3 Å². The van der Waals surface area contributed by atoms with Crippen molar-refractivity contribution in [1.82, 2.24) is 14.9 Å². The number of hydrogen-bond donors (Lipinski definition) is 2. The molecule has 0 spiro atoms. The fourth-order valence-corrected chi connectivity index (χ4v) is 1.34. The minimum atomic E-state index is 0.0652. The zero-order valence-corrected chi connectivity index (χ0v) is 9.39. The Kier molecular flexibility index (Phi) is 3.74. The summed E-state index contributed by atoms with van der Waals surface area (Å²) < 4.78 is 0. The fourth-order valence-electron chi connectivity index (χ4n) is 0.806. The van der Waals surface area contributed by atoms with Gasteiger partial charge in [0.1, 0.15) is 5.69 Å². The van der Waals surface area contributed by atoms with Crippen LogP contribution in [0.5, 0.6) is 0 Å². The van der Waals surface area contributed by atoms with Gasteiger partial charge in [-0.25, -0.2) is 0 Å². The Morgan fingerprint density at radius 3 is 2.21 bits per heavy atom. The lowest BCUT2D eigenvalue weighted by Crippen LogP contribution is -2.21. The van der Waals surface area contributed by atoms with E-state index in [0.717, 1.165) is 0 Å². The first-order valence-corrected chi connectivity index (χ1v) is 4.63. The maximum absolute atomic E-state index is 5.82. The summed E-state index contributed by atoms with van der Waals surface area (Å²) in [7, 11) is 3.82. The SMILES string of the molecule is CN(C)CNc1c(Cl)nc(N)nc1Cl. The van der Waals surface area contributed by atoms with Crippen molar-refractivity contribution in [2.24, 2.45) is 0 Å². The van der Waals surface area contributed by atoms with Gasteiger partial charge in [0.25, 0.3) is 0 Å². The molecule has 0 aromatic carbocycles. The molecule has 1 rings (SSSR count). The molecule has 0 aliphatic carbocycles. The minimum Gasteiger partial charge on any atom is -0.368 e. The van der Waals surface area contributed by atoms with Crippen molar-refractivity contribution in [3.8, 4) is 0 Å². The summed E-state index contributed by atoms with van der Waals surface area (Å²) in [6, 6.07) is 0. The van der Waals surface area contributed by atoms with Gasteiger partial charge >= 0.3 is 0 Å². The maximum Gasteiger partial charge on any atom is 0.223 e. The van der Waals surface area contributed by atoms with Crippen molar-refractivity contribution in [2.75, 3.05) is 31.8 Å². The molecule has 0 aliphatic rings. The summed E-state index contributed by atoms with van der Waals surface area (Å²) in [4.78, 5) is 9.48. The van der Waals surface area contributed by atoms with Gasteiger partial charge < -0.3 is 11.1 Å². The van der Waals surface area contributed by atoms with E-state index in [1.165, 1.54) is 0 Å². The number of halogens is 2. The Hall–Kier alpha value is -0.780. The van der Waals surface area contributed by atoms with E-state index in [1.54, 1.807) is 0 Å². The van der Waals surface area contributed by atoms with Crippen LogP contribution in [0.4, 0.5) is 11.6 Å². The van der Waals surface area contributed by atoms with Gasteiger partial charge in [0, 0.05) is 0 Å². The molecule has 0 saturated carbocycles. The van der Waals surface area contributed by atoms with Crippen LogP contribution in [0.15, 0.2) is 0 Å². The van der Waals surface area contributed by atoms with Gasteiger partial charge in [0.05, 0.1) is 6.67 Å². The van der Waals surface area contributed by atoms with Gasteiger partial charge in [-0.3, -0.25) is 4.90 Å². The smallest absolute Gasteiger partial charge is 0.223 e. The summed E-state index contributed by atoms with van der Waals surface area (Å²) >= 11 is 11.6. The van der Waals surface area contributed by atoms with E-state index in [2.05, 4.69) is 15.3 Å². The van der Waals surface area contributed by atoms with Crippen LogP contribution in [0.3, 0.4) is 0 Å². The van der Waals surface area contributed by atoms with Crippen LogP contribution >= 0.6 is 23.2 Å². The second-order valence-corrected chi connectivity index (χ2v) is 3.67. The third-order valence-electron chi connectivity index (χ3n) is 1.41. The molecule has 0 radical (unpaired) electrons. The van der Waals surface area contributed by atoms with Crippen LogP contribution < -0.4 is 11.1 Å². The lowest BCUT2D eigenvalue weighted by Gasteiger charge is -2.13. The summed E-state index contributed by atoms with van der Waals surface area (Å²) in [5.41, 5.74) is 5.85. The Morgan fingerprint density at radius 1 is 1.29 bits per heavy atom. The number of nitrogens with two attached hydrogens (primary N) is 1. The Bertz CT molecular complexity index is 305. The highest BCUT2D eigenvalue weighted by molar-refractivity contribution is 6.37. The number of nitrogens with one attached hydrogen (secondary N) is 1. The van der Waals surface area contributed by atoms with Gasteiger partial charge in [0.2, 0.25) is 5.95 Å². The molecule has 1 heterocycles. The number of nitrogens with zero attached hydrogens (tertiary/aromatic N) is 3. The zero-order valence-electron chi connectivity index (χ0n) is 7.88. The van der Waals surface area contributed by atoms with E-state index in [9.17, 15) is 0 Å². The molecule has 5 nitrogen and oxygen atoms in total. The van der Waals surface area contributed by atoms with Crippen molar-refractivity contribution < 1.29 is 0 Å². The third-order valence-corrected chi connectivity index (χ3v) is 1.96. The molecule has 14 heavy (non-hydrogen) atoms. The quantitative estimate of drug-likeness (QED) is 0.611. The predicted molar refractivity (Wildman–Crippen MR) is 58.6 cm³/mol. The van der Waals surface area contributed by atoms with E-state index in [4.69, 9.17) is 28.9 Å². The number of aromatic nitrogens is 2. The summed E-state index contributed by atoms with van der Waals surface area (Å²) in [6.45, 7) is 0.590. The molecule has 0 saturated heterocycles. The van der Waals surface area contributed by atoms with Crippen LogP contribution in [0.25, 0.3) is 0 Å². The van der Waals surface area contributed by atoms with Crippen molar-refractivity contribution in [1.29, 1.82) is 0 Å². The average molecular weight is 236 g/mol. The van der Waals surface area contributed by atoms with E-state index in [-0.39, 0.29) is 16.3 Å². The minimum absolute atomic E-state index is 0.0652. The molecule has 0 unspecified atom stereocenters. The van der Waals surface area contributed by atoms with Gasteiger partial charge in [0.15, 0.2) is 10.3 Å². The van der Waals surface area contributed by atoms with E-state index >= 15 is 0 Å². The second-order valence-electron chi connectivity index (χ2n) is 2.95. The number of anilines is 2. The Morgan fingerprint density at radius 2 is 1.79 bits per heavy atom. The predicted octanol–water partition coefficient (Wildman–Crippen LogP) is 1.30. The second kappa shape index (κ2) is 4.63. The largest absolute Gasteiger partial charge is 0.368 e. The highest BCUT2D eigenvalue weighted by atomic mass is 35.5. The van der Waals surface area contributed by atoms with Gasteiger partial charge in [-0.2, -0.15) is 9.97 Å². The summed E-state index contributed by atoms with van der Waals surface area (Å²) in [5.74, 6) is 0.0652. The normalized spacial score (nSPS) is 10.6. The number of nitrogen functional groups attached to an aromatic ring is 1. The van der Waals surface area contributed by atoms with E-state index < -0.39 is 0 Å². The molecule has 78 valence electrons. The molecule has 7 heteroatoms. The Labute approximate surface area is 92.2 Å². The highest BCUT2D eigenvalue weighted by Crippen LogP contribution is 2.27. The molecule has 0 bridgehead atoms. The van der Waals surface area contributed by atoms with Crippen LogP contribution in [0, 0.1) is 0 Å². The Balaban J connectivity index is 2.86. The number of hydrogen-bond acceptors (Lipinski definition) is 5. The van der Waals surface area contributed by atoms with Crippen molar-refractivity contribution in [2.45, 2.75) is 0 Å². The molecular formula is C7H11Cl2N5. The summed E-state index contributed by atoms with van der Waals surface area (Å²) in [5, 5.41) is 3.44. The standard InChI is InChI=1S/C7H11Cl2N5/c1-14(2)3-11-4-5(8)12-7(10)13-6(4)9/h11H,3H2,1-2H3,(H2,10,12,13). The molecular weight excluding hydrogens is 225 g/mol. The highest BCUT2D eigenvalue weighted by Gasteiger charge is 2.09. The summed E-state index contributed by atoms with van der Waals surface area (Å²) in [6.07, 6.45) is 0. The lowest BCUT2D eigenvalue weighted by atomic mass is 10.5. The van der Waals surface area contributed by atoms with Crippen molar-refractivity contribution >= 4 is 34.8 Å². The molecule has 0 fully saturated rings. The number of rotatable bonds is 3. The fraction of sp³-hybridized carbons (Fsp3) is 0.429. The molecule has 1 aromatic heterocycles. The first-order chi connectivity index (χ1) is 6.50. The molecule has 0 amide bonds. The first-order valence-electron chi connectivity index (χ1n) is 3.88. The van der Waals surface area contributed by atoms with E-state index in [0.29, 0.717) is 12.4 Å². The topological polar surface area (TPSA) is 67.1 Å². The molecule has 1 aromatic rings. The first kappa shape index (κ1) is 11.3.